The van der Waals surface area contributed by atoms with E-state index in [1.807, 2.05) is 18.2 Å². The van der Waals surface area contributed by atoms with E-state index in [9.17, 15) is 4.79 Å². The highest BCUT2D eigenvalue weighted by Gasteiger charge is 2.22. The van der Waals surface area contributed by atoms with Gasteiger partial charge in [0, 0.05) is 17.6 Å². The van der Waals surface area contributed by atoms with Gasteiger partial charge in [0.1, 0.15) is 5.75 Å². The van der Waals surface area contributed by atoms with Crippen LogP contribution in [0.15, 0.2) is 24.3 Å². The molecule has 4 heteroatoms. The fraction of sp³-hybridized carbons (Fsp3) is 0.562. The summed E-state index contributed by atoms with van der Waals surface area (Å²) in [6.45, 7) is 5.54. The van der Waals surface area contributed by atoms with E-state index in [0.29, 0.717) is 19.1 Å². The number of ether oxygens (including phenoxy) is 1. The van der Waals surface area contributed by atoms with Crippen molar-refractivity contribution in [2.75, 3.05) is 13.2 Å². The first-order valence-electron chi connectivity index (χ1n) is 7.45. The summed E-state index contributed by atoms with van der Waals surface area (Å²) in [6, 6.07) is 8.66. The second-order valence-electron chi connectivity index (χ2n) is 5.26. The second kappa shape index (κ2) is 7.29. The molecule has 0 radical (unpaired) electrons. The van der Waals surface area contributed by atoms with Crippen LogP contribution in [0.2, 0.25) is 0 Å². The van der Waals surface area contributed by atoms with E-state index in [4.69, 9.17) is 4.74 Å². The molecule has 2 N–H and O–H groups in total. The Balaban J connectivity index is 1.83. The molecule has 0 heterocycles. The Kier molecular flexibility index (Phi) is 5.41. The Bertz CT molecular complexity index is 444. The van der Waals surface area contributed by atoms with Gasteiger partial charge in [-0.3, -0.25) is 4.79 Å². The lowest BCUT2D eigenvalue weighted by molar-refractivity contribution is -0.121. The summed E-state index contributed by atoms with van der Waals surface area (Å²) < 4.78 is 5.78. The fourth-order valence-corrected chi connectivity index (χ4v) is 2.17. The third-order valence-electron chi connectivity index (χ3n) is 3.42. The van der Waals surface area contributed by atoms with Crippen LogP contribution in [0.5, 0.6) is 5.75 Å². The molecule has 20 heavy (non-hydrogen) atoms. The molecule has 2 rings (SSSR count). The molecule has 1 aliphatic rings. The average molecular weight is 276 g/mol. The Morgan fingerprint density at radius 1 is 1.40 bits per heavy atom. The van der Waals surface area contributed by atoms with Gasteiger partial charge in [-0.15, -0.1) is 0 Å². The zero-order chi connectivity index (χ0) is 14.4. The van der Waals surface area contributed by atoms with Crippen molar-refractivity contribution in [3.63, 3.8) is 0 Å². The molecule has 1 amide bonds. The smallest absolute Gasteiger partial charge is 0.223 e. The number of para-hydroxylation sites is 1. The maximum absolute atomic E-state index is 11.6. The number of carbonyl (C=O) groups excluding carboxylic acids is 1. The van der Waals surface area contributed by atoms with E-state index in [1.165, 1.54) is 0 Å². The molecule has 1 atom stereocenters. The summed E-state index contributed by atoms with van der Waals surface area (Å²) in [7, 11) is 0. The minimum atomic E-state index is 0.0877. The maximum atomic E-state index is 11.6. The van der Waals surface area contributed by atoms with Gasteiger partial charge in [0.05, 0.1) is 13.0 Å². The molecule has 1 unspecified atom stereocenters. The molecule has 1 fully saturated rings. The predicted octanol–water partition coefficient (Wildman–Crippen LogP) is 2.40. The largest absolute Gasteiger partial charge is 0.493 e. The number of hydrogen-bond acceptors (Lipinski definition) is 3. The molecule has 110 valence electrons. The molecule has 1 aromatic carbocycles. The molecule has 0 spiro atoms. The van der Waals surface area contributed by atoms with E-state index < -0.39 is 0 Å². The normalized spacial score (nSPS) is 15.7. The monoisotopic (exact) mass is 276 g/mol. The zero-order valence-electron chi connectivity index (χ0n) is 12.3. The second-order valence-corrected chi connectivity index (χ2v) is 5.26. The number of benzene rings is 1. The van der Waals surface area contributed by atoms with Gasteiger partial charge in [0.15, 0.2) is 0 Å². The van der Waals surface area contributed by atoms with Crippen molar-refractivity contribution >= 4 is 5.91 Å². The lowest BCUT2D eigenvalue weighted by Gasteiger charge is -2.17. The molecule has 1 aliphatic carbocycles. The molecule has 0 aromatic heterocycles. The topological polar surface area (TPSA) is 50.4 Å². The predicted molar refractivity (Wildman–Crippen MR) is 79.8 cm³/mol. The minimum Gasteiger partial charge on any atom is -0.493 e. The van der Waals surface area contributed by atoms with Crippen molar-refractivity contribution in [1.82, 2.24) is 10.6 Å². The molecular formula is C16H24N2O2. The Labute approximate surface area is 120 Å². The van der Waals surface area contributed by atoms with Gasteiger partial charge in [-0.05, 0) is 32.4 Å². The minimum absolute atomic E-state index is 0.0877. The van der Waals surface area contributed by atoms with Gasteiger partial charge in [-0.25, -0.2) is 0 Å². The highest BCUT2D eigenvalue weighted by molar-refractivity contribution is 5.76. The highest BCUT2D eigenvalue weighted by atomic mass is 16.5. The summed E-state index contributed by atoms with van der Waals surface area (Å²) in [4.78, 5) is 11.6. The van der Waals surface area contributed by atoms with Crippen LogP contribution in [0.4, 0.5) is 0 Å². The van der Waals surface area contributed by atoms with Gasteiger partial charge in [-0.2, -0.15) is 0 Å². The Morgan fingerprint density at radius 2 is 2.15 bits per heavy atom. The van der Waals surface area contributed by atoms with Crippen molar-refractivity contribution in [3.8, 4) is 5.75 Å². The van der Waals surface area contributed by atoms with E-state index in [2.05, 4.69) is 30.5 Å². The number of hydrogen-bond donors (Lipinski definition) is 2. The van der Waals surface area contributed by atoms with Crippen molar-refractivity contribution in [2.45, 2.75) is 45.2 Å². The number of amides is 1. The summed E-state index contributed by atoms with van der Waals surface area (Å²) in [5, 5.41) is 6.34. The van der Waals surface area contributed by atoms with Crippen LogP contribution in [0.1, 0.15) is 44.7 Å². The van der Waals surface area contributed by atoms with Crippen LogP contribution in [0, 0.1) is 0 Å². The fourth-order valence-electron chi connectivity index (χ4n) is 2.17. The molecule has 4 nitrogen and oxygen atoms in total. The first kappa shape index (κ1) is 14.9. The van der Waals surface area contributed by atoms with Gasteiger partial charge in [0.2, 0.25) is 5.91 Å². The van der Waals surface area contributed by atoms with Crippen molar-refractivity contribution in [3.05, 3.63) is 29.8 Å². The summed E-state index contributed by atoms with van der Waals surface area (Å²) in [5.41, 5.74) is 1.14. The number of rotatable bonds is 8. The highest BCUT2D eigenvalue weighted by Crippen LogP contribution is 2.24. The van der Waals surface area contributed by atoms with Crippen LogP contribution < -0.4 is 15.4 Å². The molecule has 0 aliphatic heterocycles. The van der Waals surface area contributed by atoms with Crippen LogP contribution in [-0.2, 0) is 4.79 Å². The molecular weight excluding hydrogens is 252 g/mol. The Morgan fingerprint density at radius 3 is 2.85 bits per heavy atom. The van der Waals surface area contributed by atoms with Crippen molar-refractivity contribution < 1.29 is 9.53 Å². The Hall–Kier alpha value is -1.55. The van der Waals surface area contributed by atoms with E-state index in [0.717, 1.165) is 30.7 Å². The van der Waals surface area contributed by atoms with Crippen molar-refractivity contribution in [1.29, 1.82) is 0 Å². The molecule has 1 aromatic rings. The third-order valence-corrected chi connectivity index (χ3v) is 3.42. The van der Waals surface area contributed by atoms with Gasteiger partial charge < -0.3 is 15.4 Å². The summed E-state index contributed by atoms with van der Waals surface area (Å²) >= 11 is 0. The van der Waals surface area contributed by atoms with Gasteiger partial charge in [-0.1, -0.05) is 25.1 Å². The molecule has 1 saturated carbocycles. The van der Waals surface area contributed by atoms with Crippen LogP contribution in [-0.4, -0.2) is 25.1 Å². The number of carbonyl (C=O) groups is 1. The first-order chi connectivity index (χ1) is 9.70. The average Bonchev–Trinajstić information content (AvgIpc) is 3.23. The molecule has 0 saturated heterocycles. The first-order valence-corrected chi connectivity index (χ1v) is 7.45. The lowest BCUT2D eigenvalue weighted by atomic mass is 10.1. The lowest BCUT2D eigenvalue weighted by Crippen LogP contribution is -2.26. The van der Waals surface area contributed by atoms with E-state index >= 15 is 0 Å². The maximum Gasteiger partial charge on any atom is 0.223 e. The van der Waals surface area contributed by atoms with E-state index in [-0.39, 0.29) is 11.9 Å². The van der Waals surface area contributed by atoms with Crippen LogP contribution in [0.25, 0.3) is 0 Å². The van der Waals surface area contributed by atoms with Gasteiger partial charge >= 0.3 is 0 Å². The molecule has 0 bridgehead atoms. The zero-order valence-corrected chi connectivity index (χ0v) is 12.3. The van der Waals surface area contributed by atoms with E-state index in [1.54, 1.807) is 0 Å². The summed E-state index contributed by atoms with van der Waals surface area (Å²) in [6.07, 6.45) is 2.66. The van der Waals surface area contributed by atoms with Crippen LogP contribution in [0.3, 0.4) is 0 Å². The van der Waals surface area contributed by atoms with Gasteiger partial charge in [0.25, 0.3) is 0 Å². The quantitative estimate of drug-likeness (QED) is 0.766. The number of nitrogens with one attached hydrogen (secondary N) is 2. The standard InChI is InChI=1S/C16H24N2O2/c1-3-17-12(2)14-6-4-5-7-15(14)20-11-10-16(19)18-13-8-9-13/h4-7,12-13,17H,3,8-11H2,1-2H3,(H,18,19). The summed E-state index contributed by atoms with van der Waals surface area (Å²) in [5.74, 6) is 0.949. The van der Waals surface area contributed by atoms with Crippen LogP contribution >= 0.6 is 0 Å². The SMILES string of the molecule is CCNC(C)c1ccccc1OCCC(=O)NC1CC1. The third kappa shape index (κ3) is 4.53. The van der Waals surface area contributed by atoms with Crippen molar-refractivity contribution in [2.24, 2.45) is 0 Å².